The van der Waals surface area contributed by atoms with Crippen LogP contribution in [-0.2, 0) is 11.3 Å². The van der Waals surface area contributed by atoms with Crippen molar-refractivity contribution in [2.45, 2.75) is 39.0 Å². The molecule has 1 aliphatic rings. The Bertz CT molecular complexity index is 668. The predicted octanol–water partition coefficient (Wildman–Crippen LogP) is 2.04. The average molecular weight is 302 g/mol. The van der Waals surface area contributed by atoms with Gasteiger partial charge in [-0.25, -0.2) is 9.31 Å². The van der Waals surface area contributed by atoms with E-state index in [1.165, 1.54) is 0 Å². The molecule has 1 amide bonds. The Morgan fingerprint density at radius 3 is 2.91 bits per heavy atom. The first-order valence-corrected chi connectivity index (χ1v) is 7.55. The van der Waals surface area contributed by atoms with E-state index in [0.29, 0.717) is 19.1 Å². The maximum atomic E-state index is 11.9. The monoisotopic (exact) mass is 302 g/mol. The molecule has 2 aromatic rings. The number of fused-ring (bicyclic) bond motifs is 1. The summed E-state index contributed by atoms with van der Waals surface area (Å²) in [5.74, 6) is 0. The Kier molecular flexibility index (Phi) is 3.78. The number of carbonyl (C=O) groups is 1. The highest BCUT2D eigenvalue weighted by atomic mass is 16.6. The van der Waals surface area contributed by atoms with Crippen molar-refractivity contribution in [3.8, 4) is 0 Å². The summed E-state index contributed by atoms with van der Waals surface area (Å²) in [4.78, 5) is 13.6. The fourth-order valence-electron chi connectivity index (χ4n) is 2.46. The van der Waals surface area contributed by atoms with Crippen LogP contribution in [0.5, 0.6) is 0 Å². The lowest BCUT2D eigenvalue weighted by Crippen LogP contribution is -2.60. The third-order valence-corrected chi connectivity index (χ3v) is 3.62. The second kappa shape index (κ2) is 5.61. The highest BCUT2D eigenvalue weighted by molar-refractivity contribution is 5.69. The molecule has 0 spiro atoms. The second-order valence-corrected chi connectivity index (χ2v) is 6.66. The molecule has 0 bridgehead atoms. The lowest BCUT2D eigenvalue weighted by molar-refractivity contribution is 0.00519. The lowest BCUT2D eigenvalue weighted by Gasteiger charge is -2.40. The van der Waals surface area contributed by atoms with Gasteiger partial charge in [-0.1, -0.05) is 6.07 Å². The van der Waals surface area contributed by atoms with Crippen LogP contribution in [0.25, 0.3) is 5.52 Å². The summed E-state index contributed by atoms with van der Waals surface area (Å²) in [6.07, 6.45) is 3.58. The number of hydrogen-bond acceptors (Lipinski definition) is 4. The van der Waals surface area contributed by atoms with E-state index in [4.69, 9.17) is 4.74 Å². The summed E-state index contributed by atoms with van der Waals surface area (Å²) in [5.41, 5.74) is 1.84. The van der Waals surface area contributed by atoms with Gasteiger partial charge in [-0.2, -0.15) is 5.10 Å². The predicted molar refractivity (Wildman–Crippen MR) is 83.6 cm³/mol. The van der Waals surface area contributed by atoms with Crippen molar-refractivity contribution in [2.24, 2.45) is 0 Å². The summed E-state index contributed by atoms with van der Waals surface area (Å²) in [5, 5.41) is 7.77. The number of nitrogens with one attached hydrogen (secondary N) is 1. The van der Waals surface area contributed by atoms with Crippen molar-refractivity contribution in [3.05, 3.63) is 36.2 Å². The van der Waals surface area contributed by atoms with Crippen molar-refractivity contribution in [3.63, 3.8) is 0 Å². The Morgan fingerprint density at radius 2 is 2.18 bits per heavy atom. The topological polar surface area (TPSA) is 58.9 Å². The maximum absolute atomic E-state index is 11.9. The molecular formula is C16H22N4O2. The summed E-state index contributed by atoms with van der Waals surface area (Å²) in [7, 11) is 0. The smallest absolute Gasteiger partial charge is 0.410 e. The summed E-state index contributed by atoms with van der Waals surface area (Å²) in [6.45, 7) is 7.77. The Hall–Kier alpha value is -2.08. The zero-order valence-corrected chi connectivity index (χ0v) is 13.2. The minimum Gasteiger partial charge on any atom is -0.444 e. The quantitative estimate of drug-likeness (QED) is 0.942. The van der Waals surface area contributed by atoms with E-state index in [2.05, 4.69) is 16.5 Å². The molecule has 1 saturated heterocycles. The van der Waals surface area contributed by atoms with Gasteiger partial charge in [0.25, 0.3) is 0 Å². The van der Waals surface area contributed by atoms with Gasteiger partial charge in [-0.05, 0) is 32.9 Å². The first kappa shape index (κ1) is 14.8. The van der Waals surface area contributed by atoms with Gasteiger partial charge in [0.2, 0.25) is 0 Å². The molecule has 0 atom stereocenters. The van der Waals surface area contributed by atoms with Gasteiger partial charge >= 0.3 is 6.09 Å². The van der Waals surface area contributed by atoms with Crippen molar-refractivity contribution >= 4 is 11.6 Å². The molecule has 1 aliphatic heterocycles. The zero-order valence-electron chi connectivity index (χ0n) is 13.2. The van der Waals surface area contributed by atoms with E-state index >= 15 is 0 Å². The van der Waals surface area contributed by atoms with Gasteiger partial charge in [-0.3, -0.25) is 0 Å². The van der Waals surface area contributed by atoms with E-state index in [0.717, 1.165) is 17.6 Å². The van der Waals surface area contributed by atoms with Crippen LogP contribution < -0.4 is 5.32 Å². The van der Waals surface area contributed by atoms with Gasteiger partial charge in [0.15, 0.2) is 0 Å². The first-order valence-electron chi connectivity index (χ1n) is 7.55. The average Bonchev–Trinajstić information content (AvgIpc) is 2.78. The van der Waals surface area contributed by atoms with Crippen LogP contribution >= 0.6 is 0 Å². The number of aromatic nitrogens is 2. The molecule has 0 aromatic carbocycles. The number of hydrogen-bond donors (Lipinski definition) is 1. The van der Waals surface area contributed by atoms with Gasteiger partial charge in [0.1, 0.15) is 5.60 Å². The van der Waals surface area contributed by atoms with E-state index in [1.807, 2.05) is 49.8 Å². The highest BCUT2D eigenvalue weighted by Gasteiger charge is 2.33. The fourth-order valence-corrected chi connectivity index (χ4v) is 2.46. The number of amides is 1. The van der Waals surface area contributed by atoms with Crippen LogP contribution in [-0.4, -0.2) is 45.3 Å². The van der Waals surface area contributed by atoms with E-state index in [-0.39, 0.29) is 6.09 Å². The minimum atomic E-state index is -0.438. The standard InChI is InChI=1S/C16H22N4O2/c1-16(2,3)22-15(21)19-10-13(11-19)17-8-12-9-18-20-7-5-4-6-14(12)20/h4-7,9,13,17H,8,10-11H2,1-3H3. The van der Waals surface area contributed by atoms with Crippen LogP contribution in [0, 0.1) is 0 Å². The largest absolute Gasteiger partial charge is 0.444 e. The van der Waals surface area contributed by atoms with Crippen molar-refractivity contribution in [2.75, 3.05) is 13.1 Å². The molecule has 1 N–H and O–H groups in total. The molecule has 6 nitrogen and oxygen atoms in total. The molecule has 0 unspecified atom stereocenters. The molecule has 0 aliphatic carbocycles. The summed E-state index contributed by atoms with van der Waals surface area (Å²) < 4.78 is 7.21. The number of carbonyl (C=O) groups excluding carboxylic acids is 1. The maximum Gasteiger partial charge on any atom is 0.410 e. The zero-order chi connectivity index (χ0) is 15.7. The SMILES string of the molecule is CC(C)(C)OC(=O)N1CC(NCc2cnn3ccccc23)C1. The number of nitrogens with zero attached hydrogens (tertiary/aromatic N) is 3. The van der Waals surface area contributed by atoms with Crippen LogP contribution in [0.3, 0.4) is 0 Å². The molecule has 0 saturated carbocycles. The molecule has 1 fully saturated rings. The lowest BCUT2D eigenvalue weighted by atomic mass is 10.1. The fraction of sp³-hybridized carbons (Fsp3) is 0.500. The number of ether oxygens (including phenoxy) is 1. The number of likely N-dealkylation sites (tertiary alicyclic amines) is 1. The molecule has 3 heterocycles. The van der Waals surface area contributed by atoms with Crippen LogP contribution in [0.1, 0.15) is 26.3 Å². The van der Waals surface area contributed by atoms with E-state index < -0.39 is 5.60 Å². The third-order valence-electron chi connectivity index (χ3n) is 3.62. The number of rotatable bonds is 3. The van der Waals surface area contributed by atoms with Crippen molar-refractivity contribution < 1.29 is 9.53 Å². The van der Waals surface area contributed by atoms with E-state index in [1.54, 1.807) is 4.90 Å². The molecule has 22 heavy (non-hydrogen) atoms. The Morgan fingerprint density at radius 1 is 1.41 bits per heavy atom. The van der Waals surface area contributed by atoms with Gasteiger partial charge in [0.05, 0.1) is 11.7 Å². The Labute approximate surface area is 130 Å². The van der Waals surface area contributed by atoms with Crippen LogP contribution in [0.15, 0.2) is 30.6 Å². The van der Waals surface area contributed by atoms with Crippen LogP contribution in [0.2, 0.25) is 0 Å². The highest BCUT2D eigenvalue weighted by Crippen LogP contribution is 2.16. The van der Waals surface area contributed by atoms with Gasteiger partial charge in [-0.15, -0.1) is 0 Å². The van der Waals surface area contributed by atoms with Crippen LogP contribution in [0.4, 0.5) is 4.79 Å². The van der Waals surface area contributed by atoms with Gasteiger partial charge in [0, 0.05) is 37.4 Å². The molecule has 6 heteroatoms. The minimum absolute atomic E-state index is 0.235. The summed E-state index contributed by atoms with van der Waals surface area (Å²) >= 11 is 0. The summed E-state index contributed by atoms with van der Waals surface area (Å²) in [6, 6.07) is 6.33. The number of pyridine rings is 1. The molecule has 0 radical (unpaired) electrons. The Balaban J connectivity index is 1.48. The normalized spacial score (nSPS) is 15.9. The molecule has 3 rings (SSSR count). The van der Waals surface area contributed by atoms with Crippen molar-refractivity contribution in [1.29, 1.82) is 0 Å². The van der Waals surface area contributed by atoms with E-state index in [9.17, 15) is 4.79 Å². The molecule has 118 valence electrons. The molecule has 2 aromatic heterocycles. The third kappa shape index (κ3) is 3.22. The first-order chi connectivity index (χ1) is 10.4. The molecular weight excluding hydrogens is 280 g/mol. The van der Waals surface area contributed by atoms with Gasteiger partial charge < -0.3 is 15.0 Å². The second-order valence-electron chi connectivity index (χ2n) is 6.66. The van der Waals surface area contributed by atoms with Crippen molar-refractivity contribution in [1.82, 2.24) is 19.8 Å².